The Hall–Kier alpha value is -2.49. The number of methoxy groups -OCH3 is 1. The van der Waals surface area contributed by atoms with Gasteiger partial charge >= 0.3 is 0 Å². The van der Waals surface area contributed by atoms with Crippen LogP contribution in [0.25, 0.3) is 16.7 Å². The molecular formula is C17H19N5O3S. The molecule has 1 heterocycles. The molecular weight excluding hydrogens is 354 g/mol. The van der Waals surface area contributed by atoms with E-state index in [1.165, 1.54) is 4.31 Å². The first-order valence-electron chi connectivity index (χ1n) is 8.24. The number of benzene rings is 2. The van der Waals surface area contributed by atoms with Gasteiger partial charge in [-0.25, -0.2) is 9.82 Å². The maximum atomic E-state index is 11.7. The van der Waals surface area contributed by atoms with Gasteiger partial charge in [0, 0.05) is 18.7 Å². The van der Waals surface area contributed by atoms with Gasteiger partial charge in [0.2, 0.25) is 0 Å². The van der Waals surface area contributed by atoms with Gasteiger partial charge in [-0.15, -0.1) is 5.10 Å². The highest BCUT2D eigenvalue weighted by Gasteiger charge is 2.35. The van der Waals surface area contributed by atoms with Gasteiger partial charge in [-0.3, -0.25) is 0 Å². The molecule has 1 aromatic heterocycles. The maximum absolute atomic E-state index is 11.7. The van der Waals surface area contributed by atoms with E-state index < -0.39 is 10.2 Å². The number of hydrogen-bond donors (Lipinski definition) is 1. The number of ether oxygens (including phenoxy) is 1. The van der Waals surface area contributed by atoms with Crippen molar-refractivity contribution in [2.24, 2.45) is 5.14 Å². The average molecular weight is 373 g/mol. The van der Waals surface area contributed by atoms with E-state index in [9.17, 15) is 8.42 Å². The third kappa shape index (κ3) is 3.28. The van der Waals surface area contributed by atoms with E-state index in [0.717, 1.165) is 40.9 Å². The van der Waals surface area contributed by atoms with Gasteiger partial charge in [0.25, 0.3) is 10.2 Å². The van der Waals surface area contributed by atoms with E-state index >= 15 is 0 Å². The van der Waals surface area contributed by atoms with Crippen molar-refractivity contribution in [3.05, 3.63) is 48.0 Å². The second-order valence-corrected chi connectivity index (χ2v) is 7.84. The van der Waals surface area contributed by atoms with Crippen LogP contribution >= 0.6 is 0 Å². The molecule has 2 N–H and O–H groups in total. The third-order valence-corrected chi connectivity index (χ3v) is 5.53. The minimum Gasteiger partial charge on any atom is -0.497 e. The summed E-state index contributed by atoms with van der Waals surface area (Å²) < 4.78 is 31.8. The first-order valence-corrected chi connectivity index (χ1v) is 9.74. The Bertz CT molecular complexity index is 1040. The van der Waals surface area contributed by atoms with E-state index in [-0.39, 0.29) is 12.6 Å². The smallest absolute Gasteiger partial charge is 0.277 e. The maximum Gasteiger partial charge on any atom is 0.277 e. The van der Waals surface area contributed by atoms with Crippen molar-refractivity contribution in [2.75, 3.05) is 7.11 Å². The summed E-state index contributed by atoms with van der Waals surface area (Å²) in [5.74, 6) is 0.725. The van der Waals surface area contributed by atoms with Crippen LogP contribution in [0.4, 0.5) is 0 Å². The summed E-state index contributed by atoms with van der Waals surface area (Å²) in [6.07, 6.45) is 1.73. The molecule has 0 spiro atoms. The Labute approximate surface area is 151 Å². The lowest BCUT2D eigenvalue weighted by Gasteiger charge is -2.19. The fourth-order valence-corrected chi connectivity index (χ4v) is 3.89. The standard InChI is InChI=1S/C17H19N5O3S/c1-25-15-8-9-17-16(10-15)19-20-22(17)14-4-2-12(3-5-14)11-21(13-6-7-13)26(18,23)24/h2-5,8-10,13H,6-7,11H2,1H3,(H2,18,23,24). The second-order valence-electron chi connectivity index (χ2n) is 6.34. The molecule has 0 aliphatic heterocycles. The van der Waals surface area contributed by atoms with E-state index in [1.54, 1.807) is 11.8 Å². The van der Waals surface area contributed by atoms with E-state index in [4.69, 9.17) is 9.88 Å². The minimum atomic E-state index is -3.69. The summed E-state index contributed by atoms with van der Waals surface area (Å²) >= 11 is 0. The number of hydrogen-bond acceptors (Lipinski definition) is 5. The lowest BCUT2D eigenvalue weighted by Crippen LogP contribution is -2.37. The van der Waals surface area contributed by atoms with Crippen molar-refractivity contribution in [2.45, 2.75) is 25.4 Å². The van der Waals surface area contributed by atoms with Crippen molar-refractivity contribution in [1.82, 2.24) is 19.3 Å². The topological polar surface area (TPSA) is 103 Å². The van der Waals surface area contributed by atoms with E-state index in [0.29, 0.717) is 0 Å². The molecule has 0 unspecified atom stereocenters. The van der Waals surface area contributed by atoms with Crippen LogP contribution in [0, 0.1) is 0 Å². The number of nitrogens with two attached hydrogens (primary N) is 1. The van der Waals surface area contributed by atoms with Crippen molar-refractivity contribution in [3.8, 4) is 11.4 Å². The number of nitrogens with zero attached hydrogens (tertiary/aromatic N) is 4. The molecule has 4 rings (SSSR count). The Morgan fingerprint density at radius 1 is 1.23 bits per heavy atom. The van der Waals surface area contributed by atoms with Crippen LogP contribution in [0.5, 0.6) is 5.75 Å². The Morgan fingerprint density at radius 3 is 2.58 bits per heavy atom. The molecule has 3 aromatic rings. The Kier molecular flexibility index (Phi) is 4.14. The van der Waals surface area contributed by atoms with Crippen molar-refractivity contribution in [3.63, 3.8) is 0 Å². The molecule has 0 amide bonds. The molecule has 1 aliphatic rings. The van der Waals surface area contributed by atoms with Crippen LogP contribution in [0.2, 0.25) is 0 Å². The molecule has 1 saturated carbocycles. The first-order chi connectivity index (χ1) is 12.5. The highest BCUT2D eigenvalue weighted by Crippen LogP contribution is 2.30. The molecule has 8 nitrogen and oxygen atoms in total. The van der Waals surface area contributed by atoms with Crippen LogP contribution in [-0.4, -0.2) is 40.9 Å². The molecule has 136 valence electrons. The van der Waals surface area contributed by atoms with Gasteiger partial charge in [-0.05, 0) is 42.7 Å². The SMILES string of the molecule is COc1ccc2c(c1)nnn2-c1ccc(CN(C2CC2)S(N)(=O)=O)cc1. The quantitative estimate of drug-likeness (QED) is 0.707. The normalized spacial score (nSPS) is 14.9. The molecule has 0 radical (unpaired) electrons. The average Bonchev–Trinajstić information content (AvgIpc) is 3.37. The van der Waals surface area contributed by atoms with Gasteiger partial charge in [-0.1, -0.05) is 17.3 Å². The monoisotopic (exact) mass is 373 g/mol. The number of aromatic nitrogens is 3. The minimum absolute atomic E-state index is 0.0268. The predicted octanol–water partition coefficient (Wildman–Crippen LogP) is 1.60. The Morgan fingerprint density at radius 2 is 1.96 bits per heavy atom. The molecule has 0 saturated heterocycles. The summed E-state index contributed by atoms with van der Waals surface area (Å²) in [6.45, 7) is 0.277. The lowest BCUT2D eigenvalue weighted by atomic mass is 10.2. The molecule has 9 heteroatoms. The van der Waals surface area contributed by atoms with Gasteiger partial charge in [0.1, 0.15) is 11.3 Å². The molecule has 2 aromatic carbocycles. The summed E-state index contributed by atoms with van der Waals surface area (Å²) in [4.78, 5) is 0. The lowest BCUT2D eigenvalue weighted by molar-refractivity contribution is 0.399. The number of fused-ring (bicyclic) bond motifs is 1. The fourth-order valence-electron chi connectivity index (χ4n) is 2.93. The number of rotatable bonds is 6. The van der Waals surface area contributed by atoms with Crippen LogP contribution in [-0.2, 0) is 16.8 Å². The summed E-state index contributed by atoms with van der Waals surface area (Å²) in [5.41, 5.74) is 3.32. The molecule has 1 fully saturated rings. The van der Waals surface area contributed by atoms with Crippen molar-refractivity contribution in [1.29, 1.82) is 0 Å². The zero-order chi connectivity index (χ0) is 18.3. The summed E-state index contributed by atoms with van der Waals surface area (Å²) in [6, 6.07) is 13.2. The highest BCUT2D eigenvalue weighted by atomic mass is 32.2. The van der Waals surface area contributed by atoms with Crippen molar-refractivity contribution < 1.29 is 13.2 Å². The molecule has 1 aliphatic carbocycles. The molecule has 0 atom stereocenters. The van der Waals surface area contributed by atoms with E-state index in [2.05, 4.69) is 10.3 Å². The third-order valence-electron chi connectivity index (χ3n) is 4.45. The van der Waals surface area contributed by atoms with E-state index in [1.807, 2.05) is 42.5 Å². The van der Waals surface area contributed by atoms with Crippen LogP contribution < -0.4 is 9.88 Å². The van der Waals surface area contributed by atoms with Gasteiger partial charge in [0.05, 0.1) is 18.3 Å². The largest absolute Gasteiger partial charge is 0.497 e. The highest BCUT2D eigenvalue weighted by molar-refractivity contribution is 7.86. The van der Waals surface area contributed by atoms with Gasteiger partial charge in [-0.2, -0.15) is 12.7 Å². The van der Waals surface area contributed by atoms with Crippen molar-refractivity contribution >= 4 is 21.2 Å². The van der Waals surface area contributed by atoms with Gasteiger partial charge < -0.3 is 4.74 Å². The molecule has 0 bridgehead atoms. The van der Waals surface area contributed by atoms with Crippen LogP contribution in [0.1, 0.15) is 18.4 Å². The zero-order valence-corrected chi connectivity index (χ0v) is 15.1. The second kappa shape index (κ2) is 6.35. The zero-order valence-electron chi connectivity index (χ0n) is 14.2. The summed E-state index contributed by atoms with van der Waals surface area (Å²) in [7, 11) is -2.09. The Balaban J connectivity index is 1.60. The fraction of sp³-hybridized carbons (Fsp3) is 0.294. The van der Waals surface area contributed by atoms with Gasteiger partial charge in [0.15, 0.2) is 0 Å². The predicted molar refractivity (Wildman–Crippen MR) is 97.1 cm³/mol. The summed E-state index contributed by atoms with van der Waals surface area (Å²) in [5, 5.41) is 13.7. The first kappa shape index (κ1) is 17.0. The molecule has 26 heavy (non-hydrogen) atoms. The van der Waals surface area contributed by atoms with Crippen LogP contribution in [0.3, 0.4) is 0 Å². The van der Waals surface area contributed by atoms with Crippen LogP contribution in [0.15, 0.2) is 42.5 Å².